The number of carbonyl (C=O) groups excluding carboxylic acids is 2. The van der Waals surface area contributed by atoms with Gasteiger partial charge in [0.1, 0.15) is 5.82 Å². The monoisotopic (exact) mass is 560 g/mol. The van der Waals surface area contributed by atoms with Gasteiger partial charge in [-0.25, -0.2) is 14.8 Å². The summed E-state index contributed by atoms with van der Waals surface area (Å²) in [4.78, 5) is 42.6. The summed E-state index contributed by atoms with van der Waals surface area (Å²) >= 11 is 0. The zero-order chi connectivity index (χ0) is 28.7. The van der Waals surface area contributed by atoms with E-state index in [2.05, 4.69) is 58.2 Å². The van der Waals surface area contributed by atoms with Crippen molar-refractivity contribution in [2.45, 2.75) is 69.9 Å². The van der Waals surface area contributed by atoms with Gasteiger partial charge >= 0.3 is 6.03 Å². The first-order valence-electron chi connectivity index (χ1n) is 15.3. The molecule has 10 heteroatoms. The minimum atomic E-state index is -0.620. The minimum absolute atomic E-state index is 0.0882. The van der Waals surface area contributed by atoms with E-state index in [-0.39, 0.29) is 23.2 Å². The number of hydrogen-bond acceptors (Lipinski definition) is 7. The van der Waals surface area contributed by atoms with Crippen molar-refractivity contribution >= 4 is 29.3 Å². The number of rotatable bonds is 7. The number of aromatic nitrogens is 2. The predicted molar refractivity (Wildman–Crippen MR) is 161 cm³/mol. The zero-order valence-electron chi connectivity index (χ0n) is 24.7. The molecule has 220 valence electrons. The van der Waals surface area contributed by atoms with Gasteiger partial charge in [0.2, 0.25) is 0 Å². The average Bonchev–Trinajstić information content (AvgIpc) is 3.30. The van der Waals surface area contributed by atoms with Gasteiger partial charge < -0.3 is 30.7 Å². The minimum Gasteiger partial charge on any atom is -0.364 e. The van der Waals surface area contributed by atoms with Gasteiger partial charge in [-0.15, -0.1) is 0 Å². The maximum atomic E-state index is 12.6. The number of piperidine rings is 2. The number of anilines is 3. The van der Waals surface area contributed by atoms with E-state index in [4.69, 9.17) is 10.7 Å². The van der Waals surface area contributed by atoms with Crippen molar-refractivity contribution < 1.29 is 9.59 Å². The number of hydrogen-bond donors (Lipinski definition) is 2. The number of nitrogens with zero attached hydrogens (tertiary/aromatic N) is 6. The van der Waals surface area contributed by atoms with Gasteiger partial charge in [-0.2, -0.15) is 0 Å². The Morgan fingerprint density at radius 3 is 2.41 bits per heavy atom. The number of urea groups is 1. The maximum Gasteiger partial charge on any atom is 0.320 e. The zero-order valence-corrected chi connectivity index (χ0v) is 24.7. The third-order valence-electron chi connectivity index (χ3n) is 10.0. The highest BCUT2D eigenvalue weighted by atomic mass is 16.2. The summed E-state index contributed by atoms with van der Waals surface area (Å²) in [5, 5.41) is 3.32. The Bertz CT molecular complexity index is 1270. The largest absolute Gasteiger partial charge is 0.364 e. The van der Waals surface area contributed by atoms with Gasteiger partial charge in [0.05, 0.1) is 12.2 Å². The topological polar surface area (TPSA) is 111 Å². The van der Waals surface area contributed by atoms with E-state index in [1.807, 2.05) is 11.9 Å². The van der Waals surface area contributed by atoms with Gasteiger partial charge in [-0.3, -0.25) is 4.79 Å². The van der Waals surface area contributed by atoms with Crippen LogP contribution in [0.15, 0.2) is 30.5 Å². The van der Waals surface area contributed by atoms with Crippen molar-refractivity contribution in [2.24, 2.45) is 11.7 Å². The summed E-state index contributed by atoms with van der Waals surface area (Å²) < 4.78 is 0. The molecule has 41 heavy (non-hydrogen) atoms. The number of nitrogens with two attached hydrogens (primary N) is 1. The molecule has 2 aromatic rings. The lowest BCUT2D eigenvalue weighted by atomic mass is 9.72. The molecule has 3 saturated heterocycles. The summed E-state index contributed by atoms with van der Waals surface area (Å²) in [6.45, 7) is 10.1. The van der Waals surface area contributed by atoms with Crippen LogP contribution in [-0.2, 0) is 5.41 Å². The summed E-state index contributed by atoms with van der Waals surface area (Å²) in [6.07, 6.45) is 8.58. The van der Waals surface area contributed by atoms with Gasteiger partial charge in [0.15, 0.2) is 11.5 Å². The van der Waals surface area contributed by atoms with Crippen LogP contribution >= 0.6 is 0 Å². The maximum absolute atomic E-state index is 12.6. The SMILES string of the molecule is CC1CC(N2CCC(C)(c3ccc(Nc4nc(N5CCC[C@@H](N6CCN(C)C6=O)C5)cnc4C(N)=O)cc3)CC2)C1. The van der Waals surface area contributed by atoms with Crippen LogP contribution in [0.25, 0.3) is 0 Å². The second-order valence-corrected chi connectivity index (χ2v) is 13.0. The molecule has 1 aromatic heterocycles. The Labute approximate surface area is 243 Å². The highest BCUT2D eigenvalue weighted by Crippen LogP contribution is 2.40. The van der Waals surface area contributed by atoms with Crippen molar-refractivity contribution in [3.05, 3.63) is 41.7 Å². The van der Waals surface area contributed by atoms with Gasteiger partial charge in [0.25, 0.3) is 5.91 Å². The van der Waals surface area contributed by atoms with E-state index in [9.17, 15) is 9.59 Å². The molecule has 1 aromatic carbocycles. The standard InChI is InChI=1S/C31H44N8O2/c1-21-17-25(18-21)37-13-10-31(2,11-14-37)22-6-8-23(9-7-22)34-29-27(28(32)40)33-19-26(35-29)38-12-4-5-24(20-38)39-16-15-36(3)30(39)41/h6-9,19,21,24-25H,4-5,10-18,20H2,1-3H3,(H2,32,40)(H,34,35)/t21?,24-,25?/m1/s1. The third-order valence-corrected chi connectivity index (χ3v) is 10.0. The number of nitrogens with one attached hydrogen (secondary N) is 1. The lowest BCUT2D eigenvalue weighted by molar-refractivity contribution is 0.0491. The first-order chi connectivity index (χ1) is 19.7. The van der Waals surface area contributed by atoms with E-state index in [0.717, 1.165) is 63.2 Å². The average molecular weight is 561 g/mol. The molecule has 0 spiro atoms. The number of benzene rings is 1. The molecule has 1 aliphatic carbocycles. The molecule has 4 aliphatic rings. The van der Waals surface area contributed by atoms with Crippen LogP contribution in [0.4, 0.5) is 22.1 Å². The van der Waals surface area contributed by atoms with Crippen molar-refractivity contribution in [3.63, 3.8) is 0 Å². The van der Waals surface area contributed by atoms with Crippen LogP contribution in [0.2, 0.25) is 0 Å². The highest BCUT2D eigenvalue weighted by molar-refractivity contribution is 5.96. The molecule has 0 unspecified atom stereocenters. The number of amides is 3. The summed E-state index contributed by atoms with van der Waals surface area (Å²) in [7, 11) is 1.85. The van der Waals surface area contributed by atoms with Crippen LogP contribution in [0.3, 0.4) is 0 Å². The molecule has 4 heterocycles. The molecule has 1 saturated carbocycles. The van der Waals surface area contributed by atoms with E-state index in [1.165, 1.54) is 31.2 Å². The number of carbonyl (C=O) groups is 2. The van der Waals surface area contributed by atoms with E-state index in [0.29, 0.717) is 18.2 Å². The second kappa shape index (κ2) is 11.1. The smallest absolute Gasteiger partial charge is 0.320 e. The molecule has 3 amide bonds. The van der Waals surface area contributed by atoms with Crippen molar-refractivity contribution in [1.29, 1.82) is 0 Å². The van der Waals surface area contributed by atoms with Crippen molar-refractivity contribution in [3.8, 4) is 0 Å². The lowest BCUT2D eigenvalue weighted by Gasteiger charge is -2.47. The number of likely N-dealkylation sites (tertiary alicyclic amines) is 1. The quantitative estimate of drug-likeness (QED) is 0.530. The lowest BCUT2D eigenvalue weighted by Crippen LogP contribution is -2.50. The van der Waals surface area contributed by atoms with Crippen LogP contribution in [0.5, 0.6) is 0 Å². The molecule has 3 aliphatic heterocycles. The number of likely N-dealkylation sites (N-methyl/N-ethyl adjacent to an activating group) is 1. The summed E-state index contributed by atoms with van der Waals surface area (Å²) in [6, 6.07) is 9.53. The fourth-order valence-electron chi connectivity index (χ4n) is 7.15. The molecular weight excluding hydrogens is 516 g/mol. The van der Waals surface area contributed by atoms with E-state index < -0.39 is 5.91 Å². The molecule has 6 rings (SSSR count). The molecule has 3 N–H and O–H groups in total. The Morgan fingerprint density at radius 1 is 1.05 bits per heavy atom. The fraction of sp³-hybridized carbons (Fsp3) is 0.613. The van der Waals surface area contributed by atoms with E-state index in [1.54, 1.807) is 11.1 Å². The van der Waals surface area contributed by atoms with Crippen molar-refractivity contribution in [2.75, 3.05) is 56.5 Å². The Balaban J connectivity index is 1.14. The molecule has 4 fully saturated rings. The van der Waals surface area contributed by atoms with E-state index >= 15 is 0 Å². The fourth-order valence-corrected chi connectivity index (χ4v) is 7.15. The van der Waals surface area contributed by atoms with Crippen LogP contribution in [-0.4, -0.2) is 95.0 Å². The van der Waals surface area contributed by atoms with Gasteiger partial charge in [0, 0.05) is 45.0 Å². The molecule has 0 bridgehead atoms. The molecular formula is C31H44N8O2. The third kappa shape index (κ3) is 5.58. The highest BCUT2D eigenvalue weighted by Gasteiger charge is 2.38. The molecule has 10 nitrogen and oxygen atoms in total. The Morgan fingerprint density at radius 2 is 1.78 bits per heavy atom. The Kier molecular flexibility index (Phi) is 7.52. The molecule has 0 radical (unpaired) electrons. The van der Waals surface area contributed by atoms with Gasteiger partial charge in [-0.05, 0) is 80.6 Å². The summed E-state index contributed by atoms with van der Waals surface area (Å²) in [5.74, 6) is 1.30. The van der Waals surface area contributed by atoms with Gasteiger partial charge in [-0.1, -0.05) is 26.0 Å². The Hall–Kier alpha value is -3.40. The number of primary amides is 1. The first kappa shape index (κ1) is 27.8. The molecule has 1 atom stereocenters. The summed E-state index contributed by atoms with van der Waals surface area (Å²) in [5.41, 5.74) is 8.15. The van der Waals surface area contributed by atoms with Crippen LogP contribution < -0.4 is 16.0 Å². The predicted octanol–water partition coefficient (Wildman–Crippen LogP) is 3.81. The van der Waals surface area contributed by atoms with Crippen LogP contribution in [0.1, 0.15) is 68.4 Å². The van der Waals surface area contributed by atoms with Crippen LogP contribution in [0, 0.1) is 5.92 Å². The first-order valence-corrected chi connectivity index (χ1v) is 15.3. The van der Waals surface area contributed by atoms with Crippen molar-refractivity contribution in [1.82, 2.24) is 24.7 Å². The normalized spacial score (nSPS) is 26.7. The second-order valence-electron chi connectivity index (χ2n) is 13.0.